The Bertz CT molecular complexity index is 1070. The van der Waals surface area contributed by atoms with E-state index in [0.717, 1.165) is 10.6 Å². The number of anilines is 2. The molecule has 1 saturated heterocycles. The normalized spacial score (nSPS) is 17.3. The van der Waals surface area contributed by atoms with E-state index in [2.05, 4.69) is 20.4 Å². The third-order valence-corrected chi connectivity index (χ3v) is 6.03. The summed E-state index contributed by atoms with van der Waals surface area (Å²) in [6.07, 6.45) is -2.33. The fraction of sp³-hybridized carbons (Fsp3) is 0.444. The Balaban J connectivity index is 1.70. The molecule has 11 heteroatoms. The molecule has 0 bridgehead atoms. The molecule has 1 N–H and O–H groups in total. The number of carbonyl (C=O) groups is 1. The van der Waals surface area contributed by atoms with Crippen molar-refractivity contribution in [2.45, 2.75) is 45.8 Å². The molecule has 4 rings (SSSR count). The molecule has 29 heavy (non-hydrogen) atoms. The van der Waals surface area contributed by atoms with Gasteiger partial charge in [0.15, 0.2) is 10.8 Å². The van der Waals surface area contributed by atoms with Crippen LogP contribution in [0.3, 0.4) is 0 Å². The zero-order chi connectivity index (χ0) is 20.9. The second kappa shape index (κ2) is 6.97. The number of rotatable bonds is 3. The summed E-state index contributed by atoms with van der Waals surface area (Å²) in [7, 11) is 0. The van der Waals surface area contributed by atoms with Crippen LogP contribution in [0.2, 0.25) is 0 Å². The van der Waals surface area contributed by atoms with Crippen molar-refractivity contribution in [2.24, 2.45) is 0 Å². The zero-order valence-electron chi connectivity index (χ0n) is 16.0. The van der Waals surface area contributed by atoms with Crippen molar-refractivity contribution in [3.63, 3.8) is 0 Å². The van der Waals surface area contributed by atoms with Crippen LogP contribution in [-0.4, -0.2) is 44.3 Å². The van der Waals surface area contributed by atoms with Crippen molar-refractivity contribution in [3.8, 4) is 0 Å². The van der Waals surface area contributed by atoms with E-state index in [1.165, 1.54) is 33.0 Å². The number of fused-ring (bicyclic) bond motifs is 1. The molecule has 1 fully saturated rings. The van der Waals surface area contributed by atoms with Crippen LogP contribution in [0.5, 0.6) is 0 Å². The van der Waals surface area contributed by atoms with E-state index in [0.29, 0.717) is 17.2 Å². The number of carbonyl (C=O) groups excluding carboxylic acids is 1. The molecular weight excluding hydrogens is 405 g/mol. The van der Waals surface area contributed by atoms with Gasteiger partial charge in [0, 0.05) is 17.6 Å². The number of thiazole rings is 1. The van der Waals surface area contributed by atoms with Crippen molar-refractivity contribution in [1.29, 1.82) is 0 Å². The first-order chi connectivity index (χ1) is 13.6. The van der Waals surface area contributed by atoms with Gasteiger partial charge in [0.25, 0.3) is 5.91 Å². The van der Waals surface area contributed by atoms with Crippen molar-refractivity contribution >= 4 is 33.8 Å². The van der Waals surface area contributed by atoms with Crippen molar-refractivity contribution in [1.82, 2.24) is 19.6 Å². The number of hydrogen-bond acceptors (Lipinski definition) is 6. The van der Waals surface area contributed by atoms with E-state index in [4.69, 9.17) is 0 Å². The first kappa shape index (κ1) is 19.6. The summed E-state index contributed by atoms with van der Waals surface area (Å²) in [6.45, 7) is 5.68. The minimum absolute atomic E-state index is 0.0325. The number of alkyl halides is 3. The van der Waals surface area contributed by atoms with Crippen molar-refractivity contribution in [2.75, 3.05) is 16.8 Å². The summed E-state index contributed by atoms with van der Waals surface area (Å²) in [5.74, 6) is -0.253. The molecule has 1 aliphatic rings. The molecule has 0 radical (unpaired) electrons. The van der Waals surface area contributed by atoms with Gasteiger partial charge in [-0.05, 0) is 39.7 Å². The van der Waals surface area contributed by atoms with E-state index in [9.17, 15) is 18.0 Å². The Morgan fingerprint density at radius 1 is 1.24 bits per heavy atom. The number of nitrogens with one attached hydrogen (secondary N) is 1. The molecule has 1 amide bonds. The van der Waals surface area contributed by atoms with Crippen LogP contribution >= 0.6 is 11.3 Å². The molecule has 1 aliphatic heterocycles. The Kier molecular flexibility index (Phi) is 4.72. The van der Waals surface area contributed by atoms with Gasteiger partial charge in [0.1, 0.15) is 17.4 Å². The maximum Gasteiger partial charge on any atom is 0.408 e. The molecule has 0 aromatic carbocycles. The lowest BCUT2D eigenvalue weighted by Crippen LogP contribution is -2.41. The van der Waals surface area contributed by atoms with Gasteiger partial charge in [0.2, 0.25) is 0 Å². The van der Waals surface area contributed by atoms with Crippen LogP contribution in [0.25, 0.3) is 5.65 Å². The second-order valence-electron chi connectivity index (χ2n) is 7.02. The van der Waals surface area contributed by atoms with E-state index in [1.807, 2.05) is 13.8 Å². The van der Waals surface area contributed by atoms with Gasteiger partial charge < -0.3 is 4.90 Å². The maximum atomic E-state index is 13.3. The molecule has 0 aliphatic carbocycles. The Morgan fingerprint density at radius 2 is 2.00 bits per heavy atom. The quantitative estimate of drug-likeness (QED) is 0.690. The molecular formula is C18H19F3N6OS. The summed E-state index contributed by atoms with van der Waals surface area (Å²) >= 11 is 1.35. The molecule has 3 aromatic heterocycles. The number of halogens is 3. The summed E-state index contributed by atoms with van der Waals surface area (Å²) in [5.41, 5.74) is 1.70. The van der Waals surface area contributed by atoms with E-state index in [1.54, 1.807) is 6.92 Å². The van der Waals surface area contributed by atoms with E-state index < -0.39 is 18.1 Å². The molecule has 3 aromatic rings. The summed E-state index contributed by atoms with van der Waals surface area (Å²) in [4.78, 5) is 23.8. The standard InChI is InChI=1S/C18H19F3N6OS/c1-9-11(3)29-17(22-9)24-16(28)14-10(2)25-27-8-6-13(23-15(14)27)26-7-4-5-12(26)18(19,20)21/h6,8,12H,4-5,7H2,1-3H3,(H,22,24,28). The highest BCUT2D eigenvalue weighted by Crippen LogP contribution is 2.35. The fourth-order valence-corrected chi connectivity index (χ4v) is 4.33. The molecule has 7 nitrogen and oxygen atoms in total. The first-order valence-electron chi connectivity index (χ1n) is 9.10. The number of aromatic nitrogens is 4. The van der Waals surface area contributed by atoms with Crippen LogP contribution in [0.1, 0.15) is 39.5 Å². The molecule has 154 valence electrons. The molecule has 0 saturated carbocycles. The predicted molar refractivity (Wildman–Crippen MR) is 104 cm³/mol. The minimum atomic E-state index is -4.33. The van der Waals surface area contributed by atoms with Gasteiger partial charge in [-0.1, -0.05) is 0 Å². The summed E-state index contributed by atoms with van der Waals surface area (Å²) in [5, 5.41) is 7.47. The topological polar surface area (TPSA) is 75.4 Å². The van der Waals surface area contributed by atoms with Crippen molar-refractivity contribution in [3.05, 3.63) is 34.1 Å². The number of hydrogen-bond donors (Lipinski definition) is 1. The highest BCUT2D eigenvalue weighted by molar-refractivity contribution is 7.15. The molecule has 4 heterocycles. The SMILES string of the molecule is Cc1nc(NC(=O)c2c(C)nn3ccc(N4CCCC4C(F)(F)F)nc23)sc1C. The largest absolute Gasteiger partial charge is 0.408 e. The Labute approximate surface area is 168 Å². The first-order valence-corrected chi connectivity index (χ1v) is 9.91. The Morgan fingerprint density at radius 3 is 2.66 bits per heavy atom. The van der Waals surface area contributed by atoms with Gasteiger partial charge in [-0.3, -0.25) is 10.1 Å². The van der Waals surface area contributed by atoms with Crippen LogP contribution in [0.15, 0.2) is 12.3 Å². The van der Waals surface area contributed by atoms with Crippen LogP contribution in [0, 0.1) is 20.8 Å². The summed E-state index contributed by atoms with van der Waals surface area (Å²) in [6, 6.07) is -0.0707. The van der Waals surface area contributed by atoms with Gasteiger partial charge in [-0.25, -0.2) is 14.5 Å². The van der Waals surface area contributed by atoms with E-state index >= 15 is 0 Å². The highest BCUT2D eigenvalue weighted by Gasteiger charge is 2.46. The van der Waals surface area contributed by atoms with Crippen molar-refractivity contribution < 1.29 is 18.0 Å². The highest BCUT2D eigenvalue weighted by atomic mass is 32.1. The van der Waals surface area contributed by atoms with Crippen LogP contribution in [-0.2, 0) is 0 Å². The van der Waals surface area contributed by atoms with Crippen LogP contribution in [0.4, 0.5) is 24.1 Å². The average molecular weight is 424 g/mol. The molecule has 1 atom stereocenters. The van der Waals surface area contributed by atoms with Gasteiger partial charge >= 0.3 is 6.18 Å². The average Bonchev–Trinajstić information content (AvgIpc) is 3.31. The lowest BCUT2D eigenvalue weighted by molar-refractivity contribution is -0.146. The molecule has 1 unspecified atom stereocenters. The van der Waals surface area contributed by atoms with Crippen LogP contribution < -0.4 is 10.2 Å². The minimum Gasteiger partial charge on any atom is -0.344 e. The molecule has 0 spiro atoms. The zero-order valence-corrected chi connectivity index (χ0v) is 16.9. The van der Waals surface area contributed by atoms with Gasteiger partial charge in [0.05, 0.1) is 11.4 Å². The number of nitrogens with zero attached hydrogens (tertiary/aromatic N) is 5. The number of amides is 1. The summed E-state index contributed by atoms with van der Waals surface area (Å²) < 4.78 is 41.4. The van der Waals surface area contributed by atoms with Gasteiger partial charge in [-0.2, -0.15) is 18.3 Å². The lowest BCUT2D eigenvalue weighted by Gasteiger charge is -2.27. The third-order valence-electron chi connectivity index (χ3n) is 5.05. The second-order valence-corrected chi connectivity index (χ2v) is 8.23. The monoisotopic (exact) mass is 424 g/mol. The fourth-order valence-electron chi connectivity index (χ4n) is 3.52. The lowest BCUT2D eigenvalue weighted by atomic mass is 10.2. The number of aryl methyl sites for hydroxylation is 3. The maximum absolute atomic E-state index is 13.3. The van der Waals surface area contributed by atoms with E-state index in [-0.39, 0.29) is 30.0 Å². The predicted octanol–water partition coefficient (Wildman–Crippen LogP) is 3.89. The van der Waals surface area contributed by atoms with Gasteiger partial charge in [-0.15, -0.1) is 11.3 Å². The smallest absolute Gasteiger partial charge is 0.344 e. The third kappa shape index (κ3) is 3.54. The Hall–Kier alpha value is -2.69.